The molecule has 0 amide bonds. The van der Waals surface area contributed by atoms with E-state index in [1.165, 1.54) is 18.4 Å². The smallest absolute Gasteiger partial charge is 0.340 e. The number of esters is 1. The molecule has 2 heterocycles. The third-order valence-corrected chi connectivity index (χ3v) is 5.80. The van der Waals surface area contributed by atoms with Crippen LogP contribution < -0.4 is 10.6 Å². The second-order valence-electron chi connectivity index (χ2n) is 6.39. The number of rotatable bonds is 4. The molecule has 5 nitrogen and oxygen atoms in total. The van der Waals surface area contributed by atoms with Gasteiger partial charge in [-0.3, -0.25) is 0 Å². The third kappa shape index (κ3) is 4.60. The van der Waals surface area contributed by atoms with Gasteiger partial charge in [-0.15, -0.1) is 11.3 Å². The van der Waals surface area contributed by atoms with Crippen molar-refractivity contribution in [3.63, 3.8) is 0 Å². The zero-order valence-corrected chi connectivity index (χ0v) is 16.6. The van der Waals surface area contributed by atoms with Gasteiger partial charge in [0.05, 0.1) is 12.7 Å². The number of carbonyl (C=O) groups excluding carboxylic acids is 1. The van der Waals surface area contributed by atoms with Gasteiger partial charge in [0, 0.05) is 10.9 Å². The minimum Gasteiger partial charge on any atom is -0.465 e. The quantitative estimate of drug-likeness (QED) is 0.616. The van der Waals surface area contributed by atoms with E-state index in [9.17, 15) is 4.79 Å². The van der Waals surface area contributed by atoms with Crippen LogP contribution in [0.3, 0.4) is 0 Å². The first kappa shape index (κ1) is 18.8. The Morgan fingerprint density at radius 1 is 1.27 bits per heavy atom. The number of hydrogen-bond donors (Lipinski definition) is 2. The molecule has 0 saturated carbocycles. The number of ether oxygens (including phenoxy) is 1. The van der Waals surface area contributed by atoms with Gasteiger partial charge in [0.2, 0.25) is 0 Å². The van der Waals surface area contributed by atoms with Gasteiger partial charge in [-0.05, 0) is 56.8 Å². The Morgan fingerprint density at radius 2 is 1.96 bits per heavy atom. The fourth-order valence-electron chi connectivity index (χ4n) is 2.97. The van der Waals surface area contributed by atoms with Gasteiger partial charge in [-0.2, -0.15) is 0 Å². The summed E-state index contributed by atoms with van der Waals surface area (Å²) in [6.45, 7) is 2.12. The van der Waals surface area contributed by atoms with E-state index >= 15 is 0 Å². The molecule has 0 bridgehead atoms. The van der Waals surface area contributed by atoms with Gasteiger partial charge in [0.25, 0.3) is 0 Å². The Bertz CT molecular complexity index is 768. The van der Waals surface area contributed by atoms with Crippen LogP contribution >= 0.6 is 23.6 Å². The van der Waals surface area contributed by atoms with Crippen molar-refractivity contribution in [2.75, 3.05) is 32.6 Å². The lowest BCUT2D eigenvalue weighted by Gasteiger charge is -2.30. The van der Waals surface area contributed by atoms with Crippen LogP contribution in [0.15, 0.2) is 36.4 Å². The molecule has 1 aliphatic heterocycles. The molecule has 1 fully saturated rings. The second kappa shape index (κ2) is 8.62. The number of nitrogens with one attached hydrogen (secondary N) is 2. The highest BCUT2D eigenvalue weighted by atomic mass is 32.1. The van der Waals surface area contributed by atoms with E-state index < -0.39 is 0 Å². The summed E-state index contributed by atoms with van der Waals surface area (Å²) < 4.78 is 4.93. The molecule has 1 aromatic carbocycles. The van der Waals surface area contributed by atoms with Crippen molar-refractivity contribution in [1.82, 2.24) is 10.2 Å². The molecule has 1 aromatic heterocycles. The van der Waals surface area contributed by atoms with Gasteiger partial charge in [0.15, 0.2) is 5.11 Å². The minimum absolute atomic E-state index is 0.362. The second-order valence-corrected chi connectivity index (χ2v) is 7.85. The Morgan fingerprint density at radius 3 is 2.62 bits per heavy atom. The highest BCUT2D eigenvalue weighted by Gasteiger charge is 2.21. The highest BCUT2D eigenvalue weighted by Crippen LogP contribution is 2.35. The first-order valence-electron chi connectivity index (χ1n) is 8.60. The number of carbonyl (C=O) groups is 1. The van der Waals surface area contributed by atoms with Crippen molar-refractivity contribution in [3.05, 3.63) is 42.0 Å². The molecular formula is C19H23N3O2S2. The third-order valence-electron chi connectivity index (χ3n) is 4.48. The Labute approximate surface area is 163 Å². The summed E-state index contributed by atoms with van der Waals surface area (Å²) in [4.78, 5) is 15.5. The lowest BCUT2D eigenvalue weighted by Crippen LogP contribution is -2.44. The molecule has 0 unspecified atom stereocenters. The first-order valence-corrected chi connectivity index (χ1v) is 9.83. The van der Waals surface area contributed by atoms with Gasteiger partial charge >= 0.3 is 5.97 Å². The SMILES string of the molecule is COC(=O)c1cc(-c2ccccc2)sc1NC(=S)NC1CCN(C)CC1. The zero-order chi connectivity index (χ0) is 18.5. The van der Waals surface area contributed by atoms with Crippen molar-refractivity contribution in [1.29, 1.82) is 0 Å². The molecule has 0 aliphatic carbocycles. The van der Waals surface area contributed by atoms with Crippen LogP contribution in [0.4, 0.5) is 5.00 Å². The number of anilines is 1. The maximum atomic E-state index is 12.2. The monoisotopic (exact) mass is 389 g/mol. The van der Waals surface area contributed by atoms with E-state index in [0.29, 0.717) is 21.7 Å². The molecule has 7 heteroatoms. The first-order chi connectivity index (χ1) is 12.6. The number of benzene rings is 1. The molecule has 26 heavy (non-hydrogen) atoms. The summed E-state index contributed by atoms with van der Waals surface area (Å²) >= 11 is 6.97. The van der Waals surface area contributed by atoms with Crippen LogP contribution in [0.25, 0.3) is 10.4 Å². The van der Waals surface area contributed by atoms with E-state index in [1.807, 2.05) is 36.4 Å². The number of hydrogen-bond acceptors (Lipinski definition) is 5. The Kier molecular flexibility index (Phi) is 6.24. The molecule has 1 saturated heterocycles. The summed E-state index contributed by atoms with van der Waals surface area (Å²) in [5.41, 5.74) is 1.56. The zero-order valence-electron chi connectivity index (χ0n) is 15.0. The Hall–Kier alpha value is -1.96. The van der Waals surface area contributed by atoms with Crippen molar-refractivity contribution in [2.45, 2.75) is 18.9 Å². The lowest BCUT2D eigenvalue weighted by atomic mass is 10.1. The summed E-state index contributed by atoms with van der Waals surface area (Å²) in [5, 5.41) is 7.82. The predicted octanol–water partition coefficient (Wildman–Crippen LogP) is 3.58. The van der Waals surface area contributed by atoms with Crippen molar-refractivity contribution in [2.24, 2.45) is 0 Å². The average Bonchev–Trinajstić information content (AvgIpc) is 3.07. The molecule has 1 aliphatic rings. The largest absolute Gasteiger partial charge is 0.465 e. The molecule has 2 aromatic rings. The van der Waals surface area contributed by atoms with Crippen molar-refractivity contribution >= 4 is 39.6 Å². The summed E-state index contributed by atoms with van der Waals surface area (Å²) in [7, 11) is 3.52. The van der Waals surface area contributed by atoms with E-state index in [1.54, 1.807) is 0 Å². The Balaban J connectivity index is 1.74. The summed E-state index contributed by atoms with van der Waals surface area (Å²) in [5.74, 6) is -0.368. The van der Waals surface area contributed by atoms with Gasteiger partial charge in [-0.25, -0.2) is 4.79 Å². The fourth-order valence-corrected chi connectivity index (χ4v) is 4.36. The number of likely N-dealkylation sites (tertiary alicyclic amines) is 1. The average molecular weight is 390 g/mol. The number of thiocarbonyl (C=S) groups is 1. The number of thiophene rings is 1. The van der Waals surface area contributed by atoms with Crippen LogP contribution in [-0.2, 0) is 4.74 Å². The van der Waals surface area contributed by atoms with Crippen LogP contribution in [0, 0.1) is 0 Å². The number of methoxy groups -OCH3 is 1. The van der Waals surface area contributed by atoms with E-state index in [4.69, 9.17) is 17.0 Å². The van der Waals surface area contributed by atoms with Gasteiger partial charge in [0.1, 0.15) is 5.00 Å². The van der Waals surface area contributed by atoms with Crippen LogP contribution in [-0.4, -0.2) is 49.3 Å². The fraction of sp³-hybridized carbons (Fsp3) is 0.368. The van der Waals surface area contributed by atoms with E-state index in [2.05, 4.69) is 22.6 Å². The van der Waals surface area contributed by atoms with Crippen molar-refractivity contribution in [3.8, 4) is 10.4 Å². The molecule has 3 rings (SSSR count). The van der Waals surface area contributed by atoms with Gasteiger partial charge in [-0.1, -0.05) is 30.3 Å². The molecular weight excluding hydrogens is 366 g/mol. The molecule has 0 atom stereocenters. The summed E-state index contributed by atoms with van der Waals surface area (Å²) in [6.07, 6.45) is 2.11. The summed E-state index contributed by atoms with van der Waals surface area (Å²) in [6, 6.07) is 12.2. The molecule has 2 N–H and O–H groups in total. The number of nitrogens with zero attached hydrogens (tertiary/aromatic N) is 1. The van der Waals surface area contributed by atoms with Gasteiger partial charge < -0.3 is 20.3 Å². The predicted molar refractivity (Wildman–Crippen MR) is 111 cm³/mol. The lowest BCUT2D eigenvalue weighted by molar-refractivity contribution is 0.0602. The van der Waals surface area contributed by atoms with E-state index in [-0.39, 0.29) is 5.97 Å². The number of piperidine rings is 1. The topological polar surface area (TPSA) is 53.6 Å². The maximum Gasteiger partial charge on any atom is 0.340 e. The van der Waals surface area contributed by atoms with Crippen LogP contribution in [0.5, 0.6) is 0 Å². The molecule has 0 spiro atoms. The van der Waals surface area contributed by atoms with Crippen LogP contribution in [0.2, 0.25) is 0 Å². The van der Waals surface area contributed by atoms with Crippen molar-refractivity contribution < 1.29 is 9.53 Å². The van der Waals surface area contributed by atoms with Crippen LogP contribution in [0.1, 0.15) is 23.2 Å². The van der Waals surface area contributed by atoms with E-state index in [0.717, 1.165) is 36.4 Å². The molecule has 0 radical (unpaired) electrons. The standard InChI is InChI=1S/C19H23N3O2S2/c1-22-10-8-14(9-11-22)20-19(25)21-17-15(18(23)24-2)12-16(26-17)13-6-4-3-5-7-13/h3-7,12,14H,8-11H2,1-2H3,(H2,20,21,25). The maximum absolute atomic E-state index is 12.2. The normalized spacial score (nSPS) is 15.5. The minimum atomic E-state index is -0.368. The molecule has 138 valence electrons. The highest BCUT2D eigenvalue weighted by molar-refractivity contribution is 7.80.